The number of hydrogen-bond acceptors (Lipinski definition) is 2. The normalized spacial score (nSPS) is 10.7. The Morgan fingerprint density at radius 1 is 1.55 bits per heavy atom. The van der Waals surface area contributed by atoms with Crippen molar-refractivity contribution in [2.24, 2.45) is 0 Å². The van der Waals surface area contributed by atoms with Gasteiger partial charge in [0.05, 0.1) is 16.6 Å². The summed E-state index contributed by atoms with van der Waals surface area (Å²) in [6.45, 7) is 0. The molecule has 2 aromatic heterocycles. The maximum Gasteiger partial charge on any atom is 0.162 e. The minimum absolute atomic E-state index is 0.639. The molecule has 11 heavy (non-hydrogen) atoms. The molecule has 0 spiro atoms. The van der Waals surface area contributed by atoms with Gasteiger partial charge in [-0.2, -0.15) is 5.10 Å². The van der Waals surface area contributed by atoms with Crippen molar-refractivity contribution in [2.45, 2.75) is 0 Å². The van der Waals surface area contributed by atoms with Crippen LogP contribution < -0.4 is 0 Å². The summed E-state index contributed by atoms with van der Waals surface area (Å²) in [6, 6.07) is 0. The Hall–Kier alpha value is -0.360. The lowest BCUT2D eigenvalue weighted by atomic mass is 10.4. The van der Waals surface area contributed by atoms with Crippen LogP contribution in [0.2, 0.25) is 5.02 Å². The van der Waals surface area contributed by atoms with Crippen LogP contribution in [0.5, 0.6) is 0 Å². The molecule has 0 aliphatic heterocycles. The van der Waals surface area contributed by atoms with E-state index in [0.717, 1.165) is 14.6 Å². The summed E-state index contributed by atoms with van der Waals surface area (Å²) in [6.07, 6.45) is 3.39. The molecule has 0 saturated carbocycles. The molecule has 0 amide bonds. The minimum atomic E-state index is 0.639. The summed E-state index contributed by atoms with van der Waals surface area (Å²) in [4.78, 5) is 2.96. The van der Waals surface area contributed by atoms with Gasteiger partial charge in [-0.15, -0.1) is 5.10 Å². The fourth-order valence-electron chi connectivity index (χ4n) is 0.897. The van der Waals surface area contributed by atoms with Gasteiger partial charge in [-0.05, 0) is 22.6 Å². The van der Waals surface area contributed by atoms with Gasteiger partial charge >= 0.3 is 0 Å². The third kappa shape index (κ3) is 1.10. The van der Waals surface area contributed by atoms with Crippen molar-refractivity contribution in [3.05, 3.63) is 21.0 Å². The van der Waals surface area contributed by atoms with Crippen LogP contribution in [-0.4, -0.2) is 15.2 Å². The van der Waals surface area contributed by atoms with E-state index in [4.69, 9.17) is 11.6 Å². The van der Waals surface area contributed by atoms with Crippen LogP contribution in [0.4, 0.5) is 0 Å². The number of hydrogen-bond donors (Lipinski definition) is 1. The first-order valence-electron chi connectivity index (χ1n) is 2.93. The third-order valence-electron chi connectivity index (χ3n) is 1.38. The highest BCUT2D eigenvalue weighted by Crippen LogP contribution is 2.24. The van der Waals surface area contributed by atoms with Gasteiger partial charge in [0.15, 0.2) is 5.65 Å². The molecule has 0 fully saturated rings. The van der Waals surface area contributed by atoms with E-state index in [1.807, 2.05) is 6.20 Å². The predicted octanol–water partition coefficient (Wildman–Crippen LogP) is 2.22. The average Bonchev–Trinajstić information content (AvgIpc) is 2.34. The molecule has 5 heteroatoms. The zero-order valence-electron chi connectivity index (χ0n) is 5.31. The maximum absolute atomic E-state index is 5.88. The number of aromatic amines is 1. The topological polar surface area (TPSA) is 41.6 Å². The number of rotatable bonds is 0. The highest BCUT2D eigenvalue weighted by Gasteiger charge is 2.05. The molecular weight excluding hydrogens is 276 g/mol. The predicted molar refractivity (Wildman–Crippen MR) is 51.6 cm³/mol. The van der Waals surface area contributed by atoms with Gasteiger partial charge in [-0.3, -0.25) is 0 Å². The Balaban J connectivity index is 2.96. The molecule has 0 aliphatic rings. The molecule has 2 heterocycles. The molecule has 0 atom stereocenters. The Kier molecular flexibility index (Phi) is 1.72. The molecule has 0 saturated heterocycles. The van der Waals surface area contributed by atoms with E-state index in [0.29, 0.717) is 5.02 Å². The van der Waals surface area contributed by atoms with Gasteiger partial charge < -0.3 is 4.98 Å². The molecular formula is C6H3ClIN3. The van der Waals surface area contributed by atoms with Crippen LogP contribution in [0.3, 0.4) is 0 Å². The van der Waals surface area contributed by atoms with Crippen LogP contribution in [0, 0.1) is 3.57 Å². The van der Waals surface area contributed by atoms with Gasteiger partial charge in [0.25, 0.3) is 0 Å². The molecule has 0 unspecified atom stereocenters. The van der Waals surface area contributed by atoms with Crippen molar-refractivity contribution >= 4 is 45.2 Å². The smallest absolute Gasteiger partial charge is 0.162 e. The lowest BCUT2D eigenvalue weighted by molar-refractivity contribution is 1.06. The summed E-state index contributed by atoms with van der Waals surface area (Å²) < 4.78 is 1.07. The molecule has 0 aromatic carbocycles. The van der Waals surface area contributed by atoms with Gasteiger partial charge in [-0.25, -0.2) is 0 Å². The van der Waals surface area contributed by atoms with Crippen LogP contribution >= 0.6 is 34.2 Å². The standard InChI is InChI=1S/C6H3ClIN3/c7-3-1-10-11-6-5(3)4(8)2-9-6/h1-2H,(H,9,11). The van der Waals surface area contributed by atoms with Crippen LogP contribution in [0.15, 0.2) is 12.4 Å². The first-order valence-corrected chi connectivity index (χ1v) is 4.38. The van der Waals surface area contributed by atoms with Crippen LogP contribution in [-0.2, 0) is 0 Å². The quantitative estimate of drug-likeness (QED) is 0.751. The van der Waals surface area contributed by atoms with E-state index >= 15 is 0 Å². The van der Waals surface area contributed by atoms with Crippen molar-refractivity contribution in [1.82, 2.24) is 15.2 Å². The SMILES string of the molecule is Clc1cnnc2[nH]cc(I)c12. The van der Waals surface area contributed by atoms with Crippen molar-refractivity contribution in [3.63, 3.8) is 0 Å². The number of fused-ring (bicyclic) bond motifs is 1. The summed E-state index contributed by atoms with van der Waals surface area (Å²) in [5.74, 6) is 0. The number of H-pyrrole nitrogens is 1. The van der Waals surface area contributed by atoms with E-state index in [2.05, 4.69) is 37.8 Å². The second-order valence-corrected chi connectivity index (χ2v) is 3.62. The molecule has 1 N–H and O–H groups in total. The molecule has 0 radical (unpaired) electrons. The average molecular weight is 279 g/mol. The Bertz CT molecular complexity index is 398. The Morgan fingerprint density at radius 3 is 3.09 bits per heavy atom. The van der Waals surface area contributed by atoms with Gasteiger partial charge in [0, 0.05) is 9.77 Å². The largest absolute Gasteiger partial charge is 0.344 e. The third-order valence-corrected chi connectivity index (χ3v) is 2.52. The van der Waals surface area contributed by atoms with Gasteiger partial charge in [0.2, 0.25) is 0 Å². The zero-order chi connectivity index (χ0) is 7.84. The van der Waals surface area contributed by atoms with Gasteiger partial charge in [0.1, 0.15) is 0 Å². The van der Waals surface area contributed by atoms with Gasteiger partial charge in [-0.1, -0.05) is 11.6 Å². The van der Waals surface area contributed by atoms with E-state index in [-0.39, 0.29) is 0 Å². The Labute approximate surface area is 81.3 Å². The Morgan fingerprint density at radius 2 is 2.36 bits per heavy atom. The lowest BCUT2D eigenvalue weighted by Gasteiger charge is -1.90. The highest BCUT2D eigenvalue weighted by molar-refractivity contribution is 14.1. The first kappa shape index (κ1) is 7.30. The number of nitrogens with zero attached hydrogens (tertiary/aromatic N) is 2. The fraction of sp³-hybridized carbons (Fsp3) is 0. The van der Waals surface area contributed by atoms with Crippen molar-refractivity contribution < 1.29 is 0 Å². The monoisotopic (exact) mass is 279 g/mol. The van der Waals surface area contributed by atoms with E-state index in [1.165, 1.54) is 0 Å². The van der Waals surface area contributed by atoms with Crippen LogP contribution in [0.25, 0.3) is 11.0 Å². The summed E-state index contributed by atoms with van der Waals surface area (Å²) >= 11 is 8.07. The molecule has 56 valence electrons. The number of aromatic nitrogens is 3. The highest BCUT2D eigenvalue weighted by atomic mass is 127. The van der Waals surface area contributed by atoms with Crippen molar-refractivity contribution in [3.8, 4) is 0 Å². The zero-order valence-corrected chi connectivity index (χ0v) is 8.22. The lowest BCUT2D eigenvalue weighted by Crippen LogP contribution is -1.81. The van der Waals surface area contributed by atoms with E-state index in [9.17, 15) is 0 Å². The summed E-state index contributed by atoms with van der Waals surface area (Å²) in [7, 11) is 0. The van der Waals surface area contributed by atoms with E-state index in [1.54, 1.807) is 6.20 Å². The second kappa shape index (κ2) is 2.60. The van der Waals surface area contributed by atoms with Crippen molar-refractivity contribution in [1.29, 1.82) is 0 Å². The summed E-state index contributed by atoms with van der Waals surface area (Å²) in [5, 5.41) is 9.16. The van der Waals surface area contributed by atoms with Crippen molar-refractivity contribution in [2.75, 3.05) is 0 Å². The molecule has 0 aliphatic carbocycles. The number of nitrogens with one attached hydrogen (secondary N) is 1. The van der Waals surface area contributed by atoms with E-state index < -0.39 is 0 Å². The van der Waals surface area contributed by atoms with Crippen LogP contribution in [0.1, 0.15) is 0 Å². The summed E-state index contributed by atoms with van der Waals surface area (Å²) in [5.41, 5.74) is 0.738. The maximum atomic E-state index is 5.88. The minimum Gasteiger partial charge on any atom is -0.344 e. The molecule has 2 rings (SSSR count). The first-order chi connectivity index (χ1) is 5.29. The second-order valence-electron chi connectivity index (χ2n) is 2.05. The number of halogens is 2. The molecule has 2 aromatic rings. The fourth-order valence-corrected chi connectivity index (χ4v) is 1.99. The molecule has 3 nitrogen and oxygen atoms in total. The molecule has 0 bridgehead atoms.